The van der Waals surface area contributed by atoms with Crippen molar-refractivity contribution in [1.29, 1.82) is 0 Å². The summed E-state index contributed by atoms with van der Waals surface area (Å²) < 4.78 is 0. The van der Waals surface area contributed by atoms with Crippen molar-refractivity contribution in [2.45, 2.75) is 26.8 Å². The van der Waals surface area contributed by atoms with Crippen LogP contribution in [0.5, 0.6) is 0 Å². The average Bonchev–Trinajstić information content (AvgIpc) is 2.55. The van der Waals surface area contributed by atoms with E-state index in [1.165, 1.54) is 5.56 Å². The molecule has 0 radical (unpaired) electrons. The van der Waals surface area contributed by atoms with Crippen molar-refractivity contribution in [2.24, 2.45) is 0 Å². The van der Waals surface area contributed by atoms with Gasteiger partial charge in [-0.25, -0.2) is 4.79 Å². The highest BCUT2D eigenvalue weighted by molar-refractivity contribution is 5.96. The summed E-state index contributed by atoms with van der Waals surface area (Å²) in [7, 11) is 0. The number of amides is 2. The Labute approximate surface area is 136 Å². The summed E-state index contributed by atoms with van der Waals surface area (Å²) in [5.74, 6) is 0.0313. The van der Waals surface area contributed by atoms with Gasteiger partial charge in [0.2, 0.25) is 0 Å². The standard InChI is InChI=1S/C19H22N2O2/c1-14-3-7-16(8-4-14)13-21-19(23)20-12-11-18(22)17-9-5-15(2)6-10-17/h3-10H,11-13H2,1-2H3,(H2,20,21,23). The summed E-state index contributed by atoms with van der Waals surface area (Å²) in [6, 6.07) is 15.2. The number of urea groups is 1. The SMILES string of the molecule is Cc1ccc(CNC(=O)NCCC(=O)c2ccc(C)cc2)cc1. The Morgan fingerprint density at radius 2 is 1.39 bits per heavy atom. The van der Waals surface area contributed by atoms with Crippen LogP contribution in [0.2, 0.25) is 0 Å². The molecule has 0 unspecified atom stereocenters. The molecule has 0 saturated heterocycles. The lowest BCUT2D eigenvalue weighted by molar-refractivity contribution is 0.0983. The molecule has 0 heterocycles. The summed E-state index contributed by atoms with van der Waals surface area (Å²) in [5, 5.41) is 5.48. The average molecular weight is 310 g/mol. The normalized spacial score (nSPS) is 10.2. The van der Waals surface area contributed by atoms with Crippen LogP contribution in [0.3, 0.4) is 0 Å². The third-order valence-electron chi connectivity index (χ3n) is 3.58. The lowest BCUT2D eigenvalue weighted by atomic mass is 10.1. The molecular formula is C19H22N2O2. The van der Waals surface area contributed by atoms with Crippen molar-refractivity contribution in [3.8, 4) is 0 Å². The van der Waals surface area contributed by atoms with E-state index in [9.17, 15) is 9.59 Å². The highest BCUT2D eigenvalue weighted by Crippen LogP contribution is 2.05. The predicted molar refractivity (Wildman–Crippen MR) is 91.5 cm³/mol. The van der Waals surface area contributed by atoms with E-state index in [1.807, 2.05) is 62.4 Å². The summed E-state index contributed by atoms with van der Waals surface area (Å²) in [5.41, 5.74) is 4.03. The number of Topliss-reactive ketones (excluding diaryl/α,β-unsaturated/α-hetero) is 1. The van der Waals surface area contributed by atoms with Gasteiger partial charge in [-0.2, -0.15) is 0 Å². The Bertz CT molecular complexity index is 661. The first kappa shape index (κ1) is 16.7. The van der Waals surface area contributed by atoms with Crippen LogP contribution in [-0.2, 0) is 6.54 Å². The van der Waals surface area contributed by atoms with Gasteiger partial charge in [0.25, 0.3) is 0 Å². The van der Waals surface area contributed by atoms with Crippen LogP contribution in [0, 0.1) is 13.8 Å². The summed E-state index contributed by atoms with van der Waals surface area (Å²) in [4.78, 5) is 23.7. The molecule has 0 atom stereocenters. The van der Waals surface area contributed by atoms with E-state index in [2.05, 4.69) is 10.6 Å². The Hall–Kier alpha value is -2.62. The third-order valence-corrected chi connectivity index (χ3v) is 3.58. The fourth-order valence-corrected chi connectivity index (χ4v) is 2.12. The molecule has 23 heavy (non-hydrogen) atoms. The first-order valence-electron chi connectivity index (χ1n) is 7.72. The lowest BCUT2D eigenvalue weighted by Crippen LogP contribution is -2.36. The Balaban J connectivity index is 1.69. The topological polar surface area (TPSA) is 58.2 Å². The molecule has 0 bridgehead atoms. The van der Waals surface area contributed by atoms with Crippen molar-refractivity contribution in [3.63, 3.8) is 0 Å². The molecule has 2 rings (SSSR count). The first-order valence-corrected chi connectivity index (χ1v) is 7.72. The van der Waals surface area contributed by atoms with Gasteiger partial charge >= 0.3 is 6.03 Å². The molecule has 0 aliphatic heterocycles. The monoisotopic (exact) mass is 310 g/mol. The zero-order valence-corrected chi connectivity index (χ0v) is 13.6. The number of aryl methyl sites for hydroxylation is 2. The van der Waals surface area contributed by atoms with Gasteiger partial charge < -0.3 is 10.6 Å². The van der Waals surface area contributed by atoms with Crippen molar-refractivity contribution in [3.05, 3.63) is 70.8 Å². The number of carbonyl (C=O) groups excluding carboxylic acids is 2. The number of carbonyl (C=O) groups is 2. The number of hydrogen-bond donors (Lipinski definition) is 2. The highest BCUT2D eigenvalue weighted by Gasteiger charge is 2.06. The Morgan fingerprint density at radius 3 is 2.00 bits per heavy atom. The fraction of sp³-hybridized carbons (Fsp3) is 0.263. The fourth-order valence-electron chi connectivity index (χ4n) is 2.12. The van der Waals surface area contributed by atoms with E-state index >= 15 is 0 Å². The largest absolute Gasteiger partial charge is 0.338 e. The van der Waals surface area contributed by atoms with Gasteiger partial charge in [-0.05, 0) is 19.4 Å². The molecular weight excluding hydrogens is 288 g/mol. The minimum absolute atomic E-state index is 0.0313. The van der Waals surface area contributed by atoms with Crippen molar-refractivity contribution in [2.75, 3.05) is 6.54 Å². The van der Waals surface area contributed by atoms with Gasteiger partial charge in [-0.3, -0.25) is 4.79 Å². The van der Waals surface area contributed by atoms with Gasteiger partial charge in [0.1, 0.15) is 0 Å². The third kappa shape index (κ3) is 5.58. The Kier molecular flexibility index (Phi) is 5.92. The number of nitrogens with one attached hydrogen (secondary N) is 2. The minimum atomic E-state index is -0.262. The highest BCUT2D eigenvalue weighted by atomic mass is 16.2. The first-order chi connectivity index (χ1) is 11.0. The Morgan fingerprint density at radius 1 is 0.826 bits per heavy atom. The second-order valence-corrected chi connectivity index (χ2v) is 5.63. The molecule has 0 saturated carbocycles. The zero-order valence-electron chi connectivity index (χ0n) is 13.6. The number of hydrogen-bond acceptors (Lipinski definition) is 2. The maximum atomic E-state index is 12.0. The van der Waals surface area contributed by atoms with Crippen LogP contribution in [0.1, 0.15) is 33.5 Å². The van der Waals surface area contributed by atoms with Gasteiger partial charge in [0.15, 0.2) is 5.78 Å². The van der Waals surface area contributed by atoms with Gasteiger partial charge in [0.05, 0.1) is 0 Å². The summed E-state index contributed by atoms with van der Waals surface area (Å²) >= 11 is 0. The van der Waals surface area contributed by atoms with Crippen LogP contribution in [0.25, 0.3) is 0 Å². The molecule has 4 heteroatoms. The molecule has 0 fully saturated rings. The van der Waals surface area contributed by atoms with E-state index in [0.717, 1.165) is 11.1 Å². The second kappa shape index (κ2) is 8.13. The van der Waals surface area contributed by atoms with E-state index in [4.69, 9.17) is 0 Å². The molecule has 120 valence electrons. The van der Waals surface area contributed by atoms with E-state index in [-0.39, 0.29) is 11.8 Å². The molecule has 4 nitrogen and oxygen atoms in total. The number of benzene rings is 2. The summed E-state index contributed by atoms with van der Waals surface area (Å²) in [6.45, 7) is 4.80. The van der Waals surface area contributed by atoms with Gasteiger partial charge in [-0.15, -0.1) is 0 Å². The molecule has 0 aromatic heterocycles. The van der Waals surface area contributed by atoms with Gasteiger partial charge in [-0.1, -0.05) is 59.7 Å². The van der Waals surface area contributed by atoms with Crippen LogP contribution in [-0.4, -0.2) is 18.4 Å². The van der Waals surface area contributed by atoms with Crippen LogP contribution in [0.4, 0.5) is 4.79 Å². The van der Waals surface area contributed by atoms with Crippen molar-refractivity contribution in [1.82, 2.24) is 10.6 Å². The zero-order chi connectivity index (χ0) is 16.7. The molecule has 0 aliphatic carbocycles. The smallest absolute Gasteiger partial charge is 0.315 e. The van der Waals surface area contributed by atoms with Gasteiger partial charge in [0, 0.05) is 25.1 Å². The molecule has 2 amide bonds. The number of rotatable bonds is 6. The lowest BCUT2D eigenvalue weighted by Gasteiger charge is -2.08. The number of ketones is 1. The molecule has 2 N–H and O–H groups in total. The van der Waals surface area contributed by atoms with E-state index < -0.39 is 0 Å². The summed E-state index contributed by atoms with van der Waals surface area (Å²) in [6.07, 6.45) is 0.293. The minimum Gasteiger partial charge on any atom is -0.338 e. The van der Waals surface area contributed by atoms with Crippen LogP contribution in [0.15, 0.2) is 48.5 Å². The maximum absolute atomic E-state index is 12.0. The van der Waals surface area contributed by atoms with Crippen molar-refractivity contribution < 1.29 is 9.59 Å². The van der Waals surface area contributed by atoms with Crippen LogP contribution >= 0.6 is 0 Å². The maximum Gasteiger partial charge on any atom is 0.315 e. The van der Waals surface area contributed by atoms with E-state index in [0.29, 0.717) is 25.1 Å². The predicted octanol–water partition coefficient (Wildman–Crippen LogP) is 3.38. The molecule has 0 aliphatic rings. The molecule has 0 spiro atoms. The molecule has 2 aromatic carbocycles. The molecule has 2 aromatic rings. The second-order valence-electron chi connectivity index (χ2n) is 5.63. The van der Waals surface area contributed by atoms with Crippen molar-refractivity contribution >= 4 is 11.8 Å². The quantitative estimate of drug-likeness (QED) is 0.804. The van der Waals surface area contributed by atoms with E-state index in [1.54, 1.807) is 0 Å². The van der Waals surface area contributed by atoms with Crippen LogP contribution < -0.4 is 10.6 Å².